The number of pyridine rings is 1. The first-order chi connectivity index (χ1) is 11.1. The number of nitrogens with one attached hydrogen (secondary N) is 1. The van der Waals surface area contributed by atoms with Crippen LogP contribution in [0, 0.1) is 0 Å². The summed E-state index contributed by atoms with van der Waals surface area (Å²) in [5, 5.41) is 2.78. The van der Waals surface area contributed by atoms with Gasteiger partial charge in [0.05, 0.1) is 0 Å². The summed E-state index contributed by atoms with van der Waals surface area (Å²) in [6.07, 6.45) is 3.11. The van der Waals surface area contributed by atoms with Crippen molar-refractivity contribution in [3.8, 4) is 0 Å². The maximum absolute atomic E-state index is 12.6. The molecule has 5 nitrogen and oxygen atoms in total. The van der Waals surface area contributed by atoms with E-state index in [2.05, 4.69) is 26.2 Å². The van der Waals surface area contributed by atoms with Gasteiger partial charge in [0, 0.05) is 22.8 Å². The zero-order valence-electron chi connectivity index (χ0n) is 12.4. The van der Waals surface area contributed by atoms with Gasteiger partial charge in [-0.05, 0) is 49.2 Å². The lowest BCUT2D eigenvalue weighted by atomic mass is 10.1. The van der Waals surface area contributed by atoms with Crippen LogP contribution in [0.4, 0.5) is 5.82 Å². The van der Waals surface area contributed by atoms with E-state index in [1.165, 1.54) is 0 Å². The average molecular weight is 374 g/mol. The summed E-state index contributed by atoms with van der Waals surface area (Å²) in [5.41, 5.74) is 0.589. The van der Waals surface area contributed by atoms with Crippen molar-refractivity contribution < 1.29 is 9.59 Å². The molecular weight excluding hydrogens is 358 g/mol. The van der Waals surface area contributed by atoms with Crippen LogP contribution in [0.5, 0.6) is 0 Å². The Morgan fingerprint density at radius 3 is 2.65 bits per heavy atom. The standard InChI is InChI=1S/C17H16BrN3O2/c18-13-8-6-12(7-9-13)17(23)21-11-3-4-14(21)16(22)20-15-5-1-2-10-19-15/h1-2,5-10,14H,3-4,11H2,(H,19,20,22)/t14-/m1/s1. The minimum atomic E-state index is -0.451. The number of carbonyl (C=O) groups excluding carboxylic acids is 2. The van der Waals surface area contributed by atoms with Gasteiger partial charge in [-0.3, -0.25) is 9.59 Å². The summed E-state index contributed by atoms with van der Waals surface area (Å²) < 4.78 is 0.917. The third-order valence-electron chi connectivity index (χ3n) is 3.82. The van der Waals surface area contributed by atoms with Gasteiger partial charge in [0.1, 0.15) is 11.9 Å². The van der Waals surface area contributed by atoms with E-state index >= 15 is 0 Å². The van der Waals surface area contributed by atoms with Crippen LogP contribution in [0.15, 0.2) is 53.1 Å². The summed E-state index contributed by atoms with van der Waals surface area (Å²) in [7, 11) is 0. The van der Waals surface area contributed by atoms with Crippen molar-refractivity contribution in [3.63, 3.8) is 0 Å². The molecule has 1 aliphatic heterocycles. The maximum atomic E-state index is 12.6. The Kier molecular flexibility index (Phi) is 4.71. The van der Waals surface area contributed by atoms with Gasteiger partial charge in [0.2, 0.25) is 5.91 Å². The van der Waals surface area contributed by atoms with Gasteiger partial charge >= 0.3 is 0 Å². The highest BCUT2D eigenvalue weighted by Gasteiger charge is 2.34. The largest absolute Gasteiger partial charge is 0.327 e. The fraction of sp³-hybridized carbons (Fsp3) is 0.235. The zero-order valence-corrected chi connectivity index (χ0v) is 14.0. The van der Waals surface area contributed by atoms with Crippen LogP contribution in [-0.2, 0) is 4.79 Å². The van der Waals surface area contributed by atoms with E-state index in [1.807, 2.05) is 18.2 Å². The third kappa shape index (κ3) is 3.59. The number of likely N-dealkylation sites (tertiary alicyclic amines) is 1. The minimum absolute atomic E-state index is 0.115. The molecule has 1 aromatic heterocycles. The van der Waals surface area contributed by atoms with Crippen LogP contribution in [0.2, 0.25) is 0 Å². The van der Waals surface area contributed by atoms with Crippen molar-refractivity contribution >= 4 is 33.6 Å². The zero-order chi connectivity index (χ0) is 16.2. The van der Waals surface area contributed by atoms with Crippen molar-refractivity contribution in [2.24, 2.45) is 0 Å². The van der Waals surface area contributed by atoms with Crippen LogP contribution in [-0.4, -0.2) is 34.3 Å². The van der Waals surface area contributed by atoms with Crippen molar-refractivity contribution in [1.82, 2.24) is 9.88 Å². The van der Waals surface area contributed by atoms with Crippen LogP contribution >= 0.6 is 15.9 Å². The highest BCUT2D eigenvalue weighted by Crippen LogP contribution is 2.22. The second-order valence-corrected chi connectivity index (χ2v) is 6.28. The quantitative estimate of drug-likeness (QED) is 0.898. The lowest BCUT2D eigenvalue weighted by Gasteiger charge is -2.24. The van der Waals surface area contributed by atoms with Crippen molar-refractivity contribution in [3.05, 3.63) is 58.7 Å². The van der Waals surface area contributed by atoms with E-state index in [0.29, 0.717) is 24.3 Å². The fourth-order valence-corrected chi connectivity index (χ4v) is 2.95. The molecule has 0 saturated carbocycles. The second-order valence-electron chi connectivity index (χ2n) is 5.37. The number of amides is 2. The summed E-state index contributed by atoms with van der Waals surface area (Å²) in [4.78, 5) is 30.8. The number of benzene rings is 1. The van der Waals surface area contributed by atoms with E-state index in [-0.39, 0.29) is 11.8 Å². The van der Waals surface area contributed by atoms with E-state index in [0.717, 1.165) is 10.9 Å². The molecule has 1 N–H and O–H groups in total. The van der Waals surface area contributed by atoms with Crippen molar-refractivity contribution in [1.29, 1.82) is 0 Å². The Morgan fingerprint density at radius 2 is 1.96 bits per heavy atom. The molecular formula is C17H16BrN3O2. The van der Waals surface area contributed by atoms with E-state index in [1.54, 1.807) is 35.4 Å². The summed E-state index contributed by atoms with van der Waals surface area (Å²) >= 11 is 3.35. The highest BCUT2D eigenvalue weighted by molar-refractivity contribution is 9.10. The summed E-state index contributed by atoms with van der Waals surface area (Å²) in [5.74, 6) is 0.197. The molecule has 0 radical (unpaired) electrons. The molecule has 2 aromatic rings. The number of rotatable bonds is 3. The first-order valence-electron chi connectivity index (χ1n) is 7.43. The summed E-state index contributed by atoms with van der Waals surface area (Å²) in [6, 6.07) is 12.0. The molecule has 0 aliphatic carbocycles. The molecule has 23 heavy (non-hydrogen) atoms. The number of hydrogen-bond acceptors (Lipinski definition) is 3. The molecule has 2 heterocycles. The van der Waals surface area contributed by atoms with Gasteiger partial charge in [0.25, 0.3) is 5.91 Å². The molecule has 1 atom stereocenters. The van der Waals surface area contributed by atoms with Gasteiger partial charge in [-0.25, -0.2) is 4.98 Å². The predicted molar refractivity (Wildman–Crippen MR) is 91.1 cm³/mol. The van der Waals surface area contributed by atoms with Crippen LogP contribution in [0.25, 0.3) is 0 Å². The Bertz CT molecular complexity index is 704. The minimum Gasteiger partial charge on any atom is -0.327 e. The molecule has 0 bridgehead atoms. The number of halogens is 1. The van der Waals surface area contributed by atoms with Gasteiger partial charge in [-0.2, -0.15) is 0 Å². The normalized spacial score (nSPS) is 17.1. The molecule has 1 fully saturated rings. The molecule has 3 rings (SSSR count). The van der Waals surface area contributed by atoms with E-state index < -0.39 is 6.04 Å². The van der Waals surface area contributed by atoms with E-state index in [9.17, 15) is 9.59 Å². The second kappa shape index (κ2) is 6.91. The van der Waals surface area contributed by atoms with Gasteiger partial charge in [-0.1, -0.05) is 22.0 Å². The molecule has 118 valence electrons. The number of aromatic nitrogens is 1. The van der Waals surface area contributed by atoms with Crippen LogP contribution < -0.4 is 5.32 Å². The van der Waals surface area contributed by atoms with Crippen LogP contribution in [0.1, 0.15) is 23.2 Å². The van der Waals surface area contributed by atoms with E-state index in [4.69, 9.17) is 0 Å². The first kappa shape index (κ1) is 15.7. The molecule has 6 heteroatoms. The predicted octanol–water partition coefficient (Wildman–Crippen LogP) is 3.09. The van der Waals surface area contributed by atoms with Crippen molar-refractivity contribution in [2.45, 2.75) is 18.9 Å². The lowest BCUT2D eigenvalue weighted by molar-refractivity contribution is -0.119. The molecule has 1 saturated heterocycles. The number of nitrogens with zero attached hydrogens (tertiary/aromatic N) is 2. The first-order valence-corrected chi connectivity index (χ1v) is 8.23. The average Bonchev–Trinajstić information content (AvgIpc) is 3.05. The molecule has 0 spiro atoms. The topological polar surface area (TPSA) is 62.3 Å². The Labute approximate surface area is 142 Å². The number of carbonyl (C=O) groups is 2. The Morgan fingerprint density at radius 1 is 1.17 bits per heavy atom. The monoisotopic (exact) mass is 373 g/mol. The van der Waals surface area contributed by atoms with Crippen LogP contribution in [0.3, 0.4) is 0 Å². The summed E-state index contributed by atoms with van der Waals surface area (Å²) in [6.45, 7) is 0.592. The van der Waals surface area contributed by atoms with Crippen molar-refractivity contribution in [2.75, 3.05) is 11.9 Å². The number of hydrogen-bond donors (Lipinski definition) is 1. The Balaban J connectivity index is 1.73. The van der Waals surface area contributed by atoms with Gasteiger partial charge < -0.3 is 10.2 Å². The Hall–Kier alpha value is -2.21. The van der Waals surface area contributed by atoms with Gasteiger partial charge in [-0.15, -0.1) is 0 Å². The smallest absolute Gasteiger partial charge is 0.254 e. The number of anilines is 1. The SMILES string of the molecule is O=C(Nc1ccccn1)[C@H]1CCCN1C(=O)c1ccc(Br)cc1. The third-order valence-corrected chi connectivity index (χ3v) is 4.35. The fourth-order valence-electron chi connectivity index (χ4n) is 2.69. The maximum Gasteiger partial charge on any atom is 0.254 e. The highest BCUT2D eigenvalue weighted by atomic mass is 79.9. The molecule has 2 amide bonds. The lowest BCUT2D eigenvalue weighted by Crippen LogP contribution is -2.43. The van der Waals surface area contributed by atoms with Gasteiger partial charge in [0.15, 0.2) is 0 Å². The molecule has 0 unspecified atom stereocenters. The molecule has 1 aliphatic rings. The molecule has 1 aromatic carbocycles.